The van der Waals surface area contributed by atoms with E-state index in [1.165, 1.54) is 49.6 Å². The Morgan fingerprint density at radius 1 is 0.702 bits per heavy atom. The molecular weight excluding hydrogens is 571 g/mol. The van der Waals surface area contributed by atoms with Crippen molar-refractivity contribution < 1.29 is 4.42 Å². The first kappa shape index (κ1) is 27.3. The summed E-state index contributed by atoms with van der Waals surface area (Å²) in [5.74, 6) is 3.03. The molecule has 0 spiro atoms. The third kappa shape index (κ3) is 3.75. The van der Waals surface area contributed by atoms with Gasteiger partial charge in [0.2, 0.25) is 0 Å². The van der Waals surface area contributed by atoms with E-state index >= 15 is 0 Å². The van der Waals surface area contributed by atoms with Gasteiger partial charge in [0, 0.05) is 26.8 Å². The number of furan rings is 1. The van der Waals surface area contributed by atoms with Gasteiger partial charge in [-0.2, -0.15) is 0 Å². The van der Waals surface area contributed by atoms with Crippen LogP contribution < -0.4 is 10.6 Å². The van der Waals surface area contributed by atoms with Gasteiger partial charge in [0.05, 0.1) is 22.3 Å². The van der Waals surface area contributed by atoms with E-state index in [1.807, 2.05) is 25.1 Å². The number of nitrogens with zero attached hydrogens (tertiary/aromatic N) is 1. The first-order chi connectivity index (χ1) is 23.1. The van der Waals surface area contributed by atoms with Gasteiger partial charge in [0.15, 0.2) is 5.42 Å². The Kier molecular flexibility index (Phi) is 5.95. The van der Waals surface area contributed by atoms with E-state index in [4.69, 9.17) is 10.8 Å². The van der Waals surface area contributed by atoms with E-state index in [2.05, 4.69) is 145 Å². The normalized spacial score (nSPS) is 16.4. The number of rotatable bonds is 3. The highest BCUT2D eigenvalue weighted by Crippen LogP contribution is 2.52. The lowest BCUT2D eigenvalue weighted by Crippen LogP contribution is -2.31. The molecule has 0 N–H and O–H groups in total. The number of aromatic nitrogens is 1. The molecule has 3 heterocycles. The summed E-state index contributed by atoms with van der Waals surface area (Å²) in [6, 6.07) is 50.0. The third-order valence-corrected chi connectivity index (χ3v) is 10.1. The predicted molar refractivity (Wildman–Crippen MR) is 195 cm³/mol. The summed E-state index contributed by atoms with van der Waals surface area (Å²) in [6.07, 6.45) is 8.43. The largest absolute Gasteiger partial charge is 0.455 e. The van der Waals surface area contributed by atoms with Gasteiger partial charge in [-0.25, -0.2) is 0 Å². The van der Waals surface area contributed by atoms with Gasteiger partial charge >= 0.3 is 0 Å². The quantitative estimate of drug-likeness (QED) is 0.185. The van der Waals surface area contributed by atoms with E-state index in [9.17, 15) is 0 Å². The summed E-state index contributed by atoms with van der Waals surface area (Å²) in [4.78, 5) is 0. The van der Waals surface area contributed by atoms with Gasteiger partial charge in [0.1, 0.15) is 5.58 Å². The van der Waals surface area contributed by atoms with Crippen LogP contribution in [0.5, 0.6) is 0 Å². The molecule has 0 bridgehead atoms. The molecule has 0 saturated heterocycles. The van der Waals surface area contributed by atoms with Crippen molar-refractivity contribution in [3.05, 3.63) is 172 Å². The highest BCUT2D eigenvalue weighted by molar-refractivity contribution is 6.12. The van der Waals surface area contributed by atoms with Gasteiger partial charge in [0.25, 0.3) is 0 Å². The SMILES string of the molecule is C#C/C(c1ccc2c(c1)-n1c3ccccc3c3cccc(c31)C2(C)c1ccccc1-c1ccccc1)=c1/oc2ccccc2/c1=C/C. The van der Waals surface area contributed by atoms with Crippen LogP contribution in [-0.4, -0.2) is 4.57 Å². The molecule has 1 aliphatic heterocycles. The topological polar surface area (TPSA) is 18.1 Å². The lowest BCUT2D eigenvalue weighted by atomic mass is 9.66. The highest BCUT2D eigenvalue weighted by Gasteiger charge is 2.41. The van der Waals surface area contributed by atoms with Crippen LogP contribution in [-0.2, 0) is 5.41 Å². The summed E-state index contributed by atoms with van der Waals surface area (Å²) in [5, 5.41) is 4.57. The molecule has 0 fully saturated rings. The summed E-state index contributed by atoms with van der Waals surface area (Å²) in [6.45, 7) is 4.43. The Hall–Kier alpha value is -6.04. The maximum Gasteiger partial charge on any atom is 0.151 e. The van der Waals surface area contributed by atoms with Crippen LogP contribution in [0.3, 0.4) is 0 Å². The number of benzene rings is 6. The number of hydrogen-bond acceptors (Lipinski definition) is 1. The van der Waals surface area contributed by atoms with Crippen molar-refractivity contribution >= 4 is 44.4 Å². The average molecular weight is 602 g/mol. The molecule has 222 valence electrons. The van der Waals surface area contributed by atoms with Crippen LogP contribution in [0.15, 0.2) is 144 Å². The van der Waals surface area contributed by atoms with Crippen LogP contribution in [0.1, 0.15) is 36.1 Å². The number of hydrogen-bond donors (Lipinski definition) is 0. The zero-order valence-corrected chi connectivity index (χ0v) is 26.3. The van der Waals surface area contributed by atoms with Crippen LogP contribution in [0.25, 0.3) is 61.2 Å². The third-order valence-electron chi connectivity index (χ3n) is 10.1. The minimum atomic E-state index is -0.456. The molecule has 8 aromatic rings. The first-order valence-corrected chi connectivity index (χ1v) is 16.1. The maximum absolute atomic E-state index is 6.47. The number of fused-ring (bicyclic) bond motifs is 6. The van der Waals surface area contributed by atoms with Crippen LogP contribution in [0.2, 0.25) is 0 Å². The Bertz CT molecular complexity index is 2720. The Morgan fingerprint density at radius 3 is 2.23 bits per heavy atom. The lowest BCUT2D eigenvalue weighted by molar-refractivity contribution is 0.573. The van der Waals surface area contributed by atoms with Crippen molar-refractivity contribution in [1.82, 2.24) is 4.57 Å². The maximum atomic E-state index is 6.47. The van der Waals surface area contributed by atoms with E-state index in [0.717, 1.165) is 38.4 Å². The molecule has 0 saturated carbocycles. The van der Waals surface area contributed by atoms with E-state index < -0.39 is 5.41 Å². The Balaban J connectivity index is 1.42. The van der Waals surface area contributed by atoms with Crippen molar-refractivity contribution in [3.63, 3.8) is 0 Å². The monoisotopic (exact) mass is 601 g/mol. The fourth-order valence-electron chi connectivity index (χ4n) is 8.01. The minimum Gasteiger partial charge on any atom is -0.455 e. The number of terminal acetylenes is 1. The summed E-state index contributed by atoms with van der Waals surface area (Å²) < 4.78 is 8.92. The summed E-state index contributed by atoms with van der Waals surface area (Å²) >= 11 is 0. The van der Waals surface area contributed by atoms with Crippen molar-refractivity contribution in [2.24, 2.45) is 0 Å². The molecule has 2 heteroatoms. The average Bonchev–Trinajstić information content (AvgIpc) is 3.67. The molecule has 1 unspecified atom stereocenters. The smallest absolute Gasteiger partial charge is 0.151 e. The van der Waals surface area contributed by atoms with Crippen molar-refractivity contribution in [2.45, 2.75) is 19.3 Å². The van der Waals surface area contributed by atoms with Crippen LogP contribution in [0, 0.1) is 12.3 Å². The zero-order valence-electron chi connectivity index (χ0n) is 26.3. The zero-order chi connectivity index (χ0) is 31.7. The molecule has 0 aliphatic carbocycles. The Morgan fingerprint density at radius 2 is 1.40 bits per heavy atom. The van der Waals surface area contributed by atoms with E-state index in [0.29, 0.717) is 0 Å². The van der Waals surface area contributed by atoms with Gasteiger partial charge in [-0.15, -0.1) is 6.42 Å². The predicted octanol–water partition coefficient (Wildman–Crippen LogP) is 9.50. The second kappa shape index (κ2) is 10.2. The van der Waals surface area contributed by atoms with Gasteiger partial charge < -0.3 is 8.98 Å². The summed E-state index contributed by atoms with van der Waals surface area (Å²) in [7, 11) is 0. The molecular formula is C45H31NO. The van der Waals surface area contributed by atoms with Crippen molar-refractivity contribution in [1.29, 1.82) is 0 Å². The molecule has 47 heavy (non-hydrogen) atoms. The van der Waals surface area contributed by atoms with E-state index in [1.54, 1.807) is 0 Å². The Labute approximate surface area is 273 Å². The van der Waals surface area contributed by atoms with Gasteiger partial charge in [-0.1, -0.05) is 133 Å². The number of para-hydroxylation sites is 3. The first-order valence-electron chi connectivity index (χ1n) is 16.1. The molecule has 2 nitrogen and oxygen atoms in total. The molecule has 9 rings (SSSR count). The van der Waals surface area contributed by atoms with Gasteiger partial charge in [-0.05, 0) is 65.4 Å². The highest BCUT2D eigenvalue weighted by atomic mass is 16.3. The van der Waals surface area contributed by atoms with Crippen molar-refractivity contribution in [2.75, 3.05) is 0 Å². The standard InChI is InChI=1S/C45H31NO/c1-4-31(44-32(5-2)35-20-11-14-25-42(35)47-44)30-26-27-38-41(28-30)46-40-24-13-10-19-34(40)36-21-15-23-39(43(36)46)45(38,3)37-22-12-9-18-33(37)29-16-7-6-8-17-29/h1,5-28H,2-3H3/b32-5-,44-31-. The molecule has 1 aliphatic rings. The van der Waals surface area contributed by atoms with Crippen molar-refractivity contribution in [3.8, 4) is 29.2 Å². The molecule has 6 aromatic carbocycles. The molecule has 1 atom stereocenters. The molecule has 2 aromatic heterocycles. The second-order valence-corrected chi connectivity index (χ2v) is 12.5. The lowest BCUT2D eigenvalue weighted by Gasteiger charge is -2.39. The molecule has 0 radical (unpaired) electrons. The van der Waals surface area contributed by atoms with Gasteiger partial charge in [-0.3, -0.25) is 0 Å². The van der Waals surface area contributed by atoms with Crippen LogP contribution in [0.4, 0.5) is 0 Å². The fourth-order valence-corrected chi connectivity index (χ4v) is 8.01. The second-order valence-electron chi connectivity index (χ2n) is 12.5. The molecule has 0 amide bonds. The fraction of sp³-hybridized carbons (Fsp3) is 0.0667. The minimum absolute atomic E-state index is 0.456. The van der Waals surface area contributed by atoms with Crippen LogP contribution >= 0.6 is 0 Å². The van der Waals surface area contributed by atoms with E-state index in [-0.39, 0.29) is 0 Å². The summed E-state index contributed by atoms with van der Waals surface area (Å²) in [5.41, 5.74) is 12.6.